The molecular weight excluding hydrogens is 340 g/mol. The lowest BCUT2D eigenvalue weighted by Crippen LogP contribution is -2.33. The minimum atomic E-state index is -0.529. The molecule has 2 aromatic carbocycles. The Hall–Kier alpha value is -1.82. The third-order valence-corrected chi connectivity index (χ3v) is 5.61. The Morgan fingerprint density at radius 2 is 1.69 bits per heavy atom. The lowest BCUT2D eigenvalue weighted by atomic mass is 9.70. The fraction of sp³-hybridized carbons (Fsp3) is 0.435. The summed E-state index contributed by atoms with van der Waals surface area (Å²) >= 11 is 6.43. The zero-order chi connectivity index (χ0) is 19.0. The fourth-order valence-electron chi connectivity index (χ4n) is 3.51. The van der Waals surface area contributed by atoms with Crippen LogP contribution in [0.2, 0.25) is 5.02 Å². The fourth-order valence-corrected chi connectivity index (χ4v) is 3.81. The number of halogens is 1. The highest BCUT2D eigenvalue weighted by Crippen LogP contribution is 2.40. The molecule has 0 radical (unpaired) electrons. The van der Waals surface area contributed by atoms with Crippen molar-refractivity contribution in [3.8, 4) is 6.07 Å². The number of nitriles is 1. The summed E-state index contributed by atoms with van der Waals surface area (Å²) < 4.78 is 0. The highest BCUT2D eigenvalue weighted by molar-refractivity contribution is 6.31. The summed E-state index contributed by atoms with van der Waals surface area (Å²) in [6.45, 7) is 6.24. The average Bonchev–Trinajstić information content (AvgIpc) is 2.65. The summed E-state index contributed by atoms with van der Waals surface area (Å²) in [6, 6.07) is 21.0. The van der Waals surface area contributed by atoms with Crippen LogP contribution in [0.5, 0.6) is 0 Å². The number of benzene rings is 2. The van der Waals surface area contributed by atoms with E-state index in [-0.39, 0.29) is 5.92 Å². The van der Waals surface area contributed by atoms with E-state index >= 15 is 0 Å². The molecule has 0 fully saturated rings. The molecule has 0 bridgehead atoms. The lowest BCUT2D eigenvalue weighted by molar-refractivity contribution is 0.294. The van der Waals surface area contributed by atoms with Crippen LogP contribution in [0, 0.1) is 17.2 Å². The zero-order valence-electron chi connectivity index (χ0n) is 16.1. The van der Waals surface area contributed by atoms with Gasteiger partial charge in [-0.15, -0.1) is 0 Å². The minimum absolute atomic E-state index is 0.210. The van der Waals surface area contributed by atoms with Gasteiger partial charge in [0.05, 0.1) is 11.5 Å². The standard InChI is InChI=1S/C23H29ClN2/c1-19(2)23(18-25,21-12-7-8-13-22(21)24)15-9-16-26(3)17-14-20-10-5-4-6-11-20/h4-8,10-13,19H,9,14-17H2,1-3H3. The maximum absolute atomic E-state index is 10.0. The second kappa shape index (κ2) is 9.76. The molecule has 1 atom stereocenters. The summed E-state index contributed by atoms with van der Waals surface area (Å²) in [5.41, 5.74) is 1.80. The SMILES string of the molecule is CC(C)C(C#N)(CCCN(C)CCc1ccccc1)c1ccccc1Cl. The number of hydrogen-bond donors (Lipinski definition) is 0. The van der Waals surface area contributed by atoms with E-state index in [2.05, 4.69) is 62.2 Å². The van der Waals surface area contributed by atoms with Gasteiger partial charge in [0, 0.05) is 11.6 Å². The van der Waals surface area contributed by atoms with Gasteiger partial charge in [0.1, 0.15) is 0 Å². The normalized spacial score (nSPS) is 13.6. The van der Waals surface area contributed by atoms with Gasteiger partial charge in [0.25, 0.3) is 0 Å². The van der Waals surface area contributed by atoms with Crippen LogP contribution in [0.15, 0.2) is 54.6 Å². The molecule has 0 spiro atoms. The summed E-state index contributed by atoms with van der Waals surface area (Å²) in [7, 11) is 2.15. The molecule has 138 valence electrons. The Labute approximate surface area is 163 Å². The molecular formula is C23H29ClN2. The molecule has 2 aromatic rings. The highest BCUT2D eigenvalue weighted by Gasteiger charge is 2.37. The number of hydrogen-bond acceptors (Lipinski definition) is 2. The molecule has 26 heavy (non-hydrogen) atoms. The molecule has 0 saturated heterocycles. The smallest absolute Gasteiger partial charge is 0.0859 e. The van der Waals surface area contributed by atoms with E-state index in [4.69, 9.17) is 11.6 Å². The molecule has 0 heterocycles. The molecule has 0 aromatic heterocycles. The van der Waals surface area contributed by atoms with Crippen LogP contribution >= 0.6 is 11.6 Å². The Balaban J connectivity index is 1.96. The van der Waals surface area contributed by atoms with Crippen molar-refractivity contribution in [3.05, 3.63) is 70.7 Å². The van der Waals surface area contributed by atoms with Crippen molar-refractivity contribution in [1.82, 2.24) is 4.90 Å². The number of likely N-dealkylation sites (N-methyl/N-ethyl adjacent to an activating group) is 1. The summed E-state index contributed by atoms with van der Waals surface area (Å²) in [5, 5.41) is 10.7. The van der Waals surface area contributed by atoms with E-state index in [0.29, 0.717) is 5.02 Å². The number of rotatable bonds is 9. The zero-order valence-corrected chi connectivity index (χ0v) is 16.8. The predicted octanol–water partition coefficient (Wildman–Crippen LogP) is 5.71. The van der Waals surface area contributed by atoms with Gasteiger partial charge in [0.2, 0.25) is 0 Å². The Morgan fingerprint density at radius 3 is 2.31 bits per heavy atom. The Morgan fingerprint density at radius 1 is 1.04 bits per heavy atom. The van der Waals surface area contributed by atoms with E-state index < -0.39 is 5.41 Å². The van der Waals surface area contributed by atoms with Gasteiger partial charge in [-0.05, 0) is 56.0 Å². The maximum atomic E-state index is 10.0. The van der Waals surface area contributed by atoms with E-state index in [1.165, 1.54) is 5.56 Å². The molecule has 1 unspecified atom stereocenters. The van der Waals surface area contributed by atoms with Crippen LogP contribution in [0.25, 0.3) is 0 Å². The first-order valence-corrected chi connectivity index (χ1v) is 9.76. The second-order valence-electron chi connectivity index (χ2n) is 7.36. The van der Waals surface area contributed by atoms with Gasteiger partial charge in [0.15, 0.2) is 0 Å². The van der Waals surface area contributed by atoms with Gasteiger partial charge in [-0.2, -0.15) is 5.26 Å². The molecule has 0 N–H and O–H groups in total. The van der Waals surface area contributed by atoms with Crippen LogP contribution < -0.4 is 0 Å². The van der Waals surface area contributed by atoms with Gasteiger partial charge < -0.3 is 4.90 Å². The van der Waals surface area contributed by atoms with Gasteiger partial charge in [-0.25, -0.2) is 0 Å². The Bertz CT molecular complexity index is 720. The largest absolute Gasteiger partial charge is 0.306 e. The third-order valence-electron chi connectivity index (χ3n) is 5.28. The summed E-state index contributed by atoms with van der Waals surface area (Å²) in [4.78, 5) is 2.35. The van der Waals surface area contributed by atoms with Gasteiger partial charge in [-0.1, -0.05) is 74.0 Å². The van der Waals surface area contributed by atoms with Crippen LogP contribution in [0.1, 0.15) is 37.8 Å². The third kappa shape index (κ3) is 5.10. The molecule has 0 aliphatic heterocycles. The minimum Gasteiger partial charge on any atom is -0.306 e. The van der Waals surface area contributed by atoms with Crippen LogP contribution in [-0.4, -0.2) is 25.0 Å². The molecule has 0 aliphatic carbocycles. The second-order valence-corrected chi connectivity index (χ2v) is 7.77. The number of nitrogens with zero attached hydrogens (tertiary/aromatic N) is 2. The Kier molecular flexibility index (Phi) is 7.69. The molecule has 3 heteroatoms. The van der Waals surface area contributed by atoms with Crippen LogP contribution in [0.4, 0.5) is 0 Å². The molecule has 0 aliphatic rings. The molecule has 0 amide bonds. The van der Waals surface area contributed by atoms with E-state index in [1.807, 2.05) is 24.3 Å². The van der Waals surface area contributed by atoms with Crippen molar-refractivity contribution in [1.29, 1.82) is 5.26 Å². The van der Waals surface area contributed by atoms with Crippen LogP contribution in [-0.2, 0) is 11.8 Å². The molecule has 0 saturated carbocycles. The predicted molar refractivity (Wildman–Crippen MR) is 110 cm³/mol. The van der Waals surface area contributed by atoms with E-state index in [0.717, 1.165) is 37.9 Å². The molecule has 2 nitrogen and oxygen atoms in total. The quantitative estimate of drug-likeness (QED) is 0.566. The van der Waals surface area contributed by atoms with Crippen molar-refractivity contribution in [3.63, 3.8) is 0 Å². The first kappa shape index (κ1) is 20.5. The topological polar surface area (TPSA) is 27.0 Å². The van der Waals surface area contributed by atoms with E-state index in [9.17, 15) is 5.26 Å². The van der Waals surface area contributed by atoms with Crippen molar-refractivity contribution in [2.45, 2.75) is 38.5 Å². The van der Waals surface area contributed by atoms with Crippen molar-refractivity contribution in [2.24, 2.45) is 5.92 Å². The first-order valence-electron chi connectivity index (χ1n) is 9.38. The van der Waals surface area contributed by atoms with Gasteiger partial charge >= 0.3 is 0 Å². The lowest BCUT2D eigenvalue weighted by Gasteiger charge is -2.32. The van der Waals surface area contributed by atoms with Crippen molar-refractivity contribution < 1.29 is 0 Å². The summed E-state index contributed by atoms with van der Waals surface area (Å²) in [6.07, 6.45) is 2.85. The first-order chi connectivity index (χ1) is 12.5. The summed E-state index contributed by atoms with van der Waals surface area (Å²) in [5.74, 6) is 0.210. The monoisotopic (exact) mass is 368 g/mol. The average molecular weight is 369 g/mol. The van der Waals surface area contributed by atoms with Crippen LogP contribution in [0.3, 0.4) is 0 Å². The van der Waals surface area contributed by atoms with Gasteiger partial charge in [-0.3, -0.25) is 0 Å². The maximum Gasteiger partial charge on any atom is 0.0859 e. The van der Waals surface area contributed by atoms with Crippen molar-refractivity contribution >= 4 is 11.6 Å². The highest BCUT2D eigenvalue weighted by atomic mass is 35.5. The molecule has 2 rings (SSSR count). The van der Waals surface area contributed by atoms with E-state index in [1.54, 1.807) is 0 Å². The van der Waals surface area contributed by atoms with Crippen molar-refractivity contribution in [2.75, 3.05) is 20.1 Å².